The van der Waals surface area contributed by atoms with Crippen LogP contribution in [0.4, 0.5) is 5.69 Å². The second-order valence-electron chi connectivity index (χ2n) is 5.15. The Morgan fingerprint density at radius 2 is 2.00 bits per heavy atom. The van der Waals surface area contributed by atoms with Gasteiger partial charge < -0.3 is 10.1 Å². The molecule has 1 N–H and O–H groups in total. The number of hydrogen-bond acceptors (Lipinski definition) is 3. The molecular formula is C17H16ClNO2. The van der Waals surface area contributed by atoms with Crippen LogP contribution in [0.3, 0.4) is 0 Å². The molecular weight excluding hydrogens is 286 g/mol. The van der Waals surface area contributed by atoms with Gasteiger partial charge in [-0.15, -0.1) is 0 Å². The molecule has 0 fully saturated rings. The summed E-state index contributed by atoms with van der Waals surface area (Å²) >= 11 is 6.03. The van der Waals surface area contributed by atoms with Crippen molar-refractivity contribution in [3.8, 4) is 0 Å². The van der Waals surface area contributed by atoms with Crippen LogP contribution >= 0.6 is 11.6 Å². The van der Waals surface area contributed by atoms with Gasteiger partial charge >= 0.3 is 5.97 Å². The Balaban J connectivity index is 1.75. The normalized spacial score (nSPS) is 16.4. The number of methoxy groups -OCH3 is 1. The minimum absolute atomic E-state index is 0.293. The van der Waals surface area contributed by atoms with E-state index in [0.29, 0.717) is 11.6 Å². The minimum Gasteiger partial charge on any atom is -0.465 e. The van der Waals surface area contributed by atoms with Gasteiger partial charge in [0, 0.05) is 10.7 Å². The first kappa shape index (κ1) is 14.0. The number of carbonyl (C=O) groups excluding carboxylic acids is 1. The van der Waals surface area contributed by atoms with E-state index in [1.54, 1.807) is 12.1 Å². The topological polar surface area (TPSA) is 38.3 Å². The lowest BCUT2D eigenvalue weighted by Crippen LogP contribution is -2.07. The first-order valence-corrected chi connectivity index (χ1v) is 7.28. The number of esters is 1. The van der Waals surface area contributed by atoms with Crippen LogP contribution in [0, 0.1) is 0 Å². The van der Waals surface area contributed by atoms with Crippen LogP contribution < -0.4 is 5.32 Å². The van der Waals surface area contributed by atoms with Crippen LogP contribution in [0.1, 0.15) is 33.9 Å². The van der Waals surface area contributed by atoms with Gasteiger partial charge in [-0.3, -0.25) is 0 Å². The van der Waals surface area contributed by atoms with E-state index < -0.39 is 0 Å². The molecule has 0 saturated carbocycles. The number of hydrogen-bond donors (Lipinski definition) is 1. The zero-order valence-corrected chi connectivity index (χ0v) is 12.5. The van der Waals surface area contributed by atoms with Gasteiger partial charge in [0.25, 0.3) is 0 Å². The van der Waals surface area contributed by atoms with Crippen LogP contribution in [-0.2, 0) is 11.2 Å². The van der Waals surface area contributed by atoms with Gasteiger partial charge in [-0.2, -0.15) is 0 Å². The molecule has 0 radical (unpaired) electrons. The number of aryl methyl sites for hydroxylation is 1. The van der Waals surface area contributed by atoms with E-state index in [-0.39, 0.29) is 5.97 Å². The summed E-state index contributed by atoms with van der Waals surface area (Å²) in [4.78, 5) is 11.4. The van der Waals surface area contributed by atoms with Gasteiger partial charge in [0.05, 0.1) is 18.7 Å². The van der Waals surface area contributed by atoms with Crippen molar-refractivity contribution in [2.24, 2.45) is 0 Å². The molecule has 3 rings (SSSR count). The molecule has 0 aliphatic heterocycles. The molecule has 1 atom stereocenters. The van der Waals surface area contributed by atoms with E-state index in [1.165, 1.54) is 18.2 Å². The molecule has 1 aliphatic rings. The zero-order valence-electron chi connectivity index (χ0n) is 11.7. The summed E-state index contributed by atoms with van der Waals surface area (Å²) in [5.74, 6) is -0.317. The lowest BCUT2D eigenvalue weighted by molar-refractivity contribution is 0.0601. The van der Waals surface area contributed by atoms with Crippen LogP contribution in [0.25, 0.3) is 0 Å². The maximum atomic E-state index is 11.4. The number of halogens is 1. The summed E-state index contributed by atoms with van der Waals surface area (Å²) in [6.45, 7) is 0. The van der Waals surface area contributed by atoms with E-state index in [2.05, 4.69) is 11.4 Å². The number of fused-ring (bicyclic) bond motifs is 1. The van der Waals surface area contributed by atoms with Crippen molar-refractivity contribution < 1.29 is 9.53 Å². The fourth-order valence-electron chi connectivity index (χ4n) is 2.76. The molecule has 0 spiro atoms. The fourth-order valence-corrected chi connectivity index (χ4v) is 2.95. The molecule has 0 amide bonds. The Morgan fingerprint density at radius 3 is 2.71 bits per heavy atom. The van der Waals surface area contributed by atoms with Crippen LogP contribution in [-0.4, -0.2) is 13.1 Å². The lowest BCUT2D eigenvalue weighted by atomic mass is 10.1. The Bertz CT molecular complexity index is 667. The van der Waals surface area contributed by atoms with Crippen LogP contribution in [0.2, 0.25) is 5.02 Å². The summed E-state index contributed by atoms with van der Waals surface area (Å²) in [6, 6.07) is 13.7. The van der Waals surface area contributed by atoms with Crippen molar-refractivity contribution in [2.75, 3.05) is 12.4 Å². The smallest absolute Gasteiger partial charge is 0.337 e. The third-order valence-electron chi connectivity index (χ3n) is 3.83. The Hall–Kier alpha value is -2.00. The van der Waals surface area contributed by atoms with Crippen LogP contribution in [0.5, 0.6) is 0 Å². The molecule has 2 aromatic carbocycles. The summed E-state index contributed by atoms with van der Waals surface area (Å²) in [5.41, 5.74) is 4.17. The van der Waals surface area contributed by atoms with Crippen LogP contribution in [0.15, 0.2) is 42.5 Å². The number of anilines is 1. The summed E-state index contributed by atoms with van der Waals surface area (Å²) in [7, 11) is 1.38. The molecule has 0 heterocycles. The Morgan fingerprint density at radius 1 is 1.24 bits per heavy atom. The summed E-state index contributed by atoms with van der Waals surface area (Å²) in [6.07, 6.45) is 2.09. The van der Waals surface area contributed by atoms with E-state index in [4.69, 9.17) is 16.3 Å². The number of benzene rings is 2. The van der Waals surface area contributed by atoms with E-state index >= 15 is 0 Å². The average molecular weight is 302 g/mol. The molecule has 4 heteroatoms. The van der Waals surface area contributed by atoms with Crippen molar-refractivity contribution in [1.29, 1.82) is 0 Å². The average Bonchev–Trinajstić information content (AvgIpc) is 2.89. The van der Waals surface area contributed by atoms with Crippen molar-refractivity contribution in [2.45, 2.75) is 18.9 Å². The fraction of sp³-hybridized carbons (Fsp3) is 0.235. The Labute approximate surface area is 128 Å². The SMILES string of the molecule is COC(=O)c1ccc(NC2CCc3cc(Cl)ccc32)cc1. The molecule has 0 saturated heterocycles. The molecule has 1 unspecified atom stereocenters. The predicted molar refractivity (Wildman–Crippen MR) is 83.9 cm³/mol. The molecule has 3 nitrogen and oxygen atoms in total. The number of ether oxygens (including phenoxy) is 1. The largest absolute Gasteiger partial charge is 0.465 e. The molecule has 0 aromatic heterocycles. The quantitative estimate of drug-likeness (QED) is 0.862. The first-order valence-electron chi connectivity index (χ1n) is 6.90. The second kappa shape index (κ2) is 5.78. The predicted octanol–water partition coefficient (Wildman–Crippen LogP) is 4.23. The number of carbonyl (C=O) groups is 1. The molecule has 2 aromatic rings. The maximum Gasteiger partial charge on any atom is 0.337 e. The maximum absolute atomic E-state index is 11.4. The van der Waals surface area contributed by atoms with Gasteiger partial charge in [0.15, 0.2) is 0 Å². The van der Waals surface area contributed by atoms with E-state index in [1.807, 2.05) is 24.3 Å². The highest BCUT2D eigenvalue weighted by Gasteiger charge is 2.22. The van der Waals surface area contributed by atoms with Gasteiger partial charge in [-0.1, -0.05) is 17.7 Å². The van der Waals surface area contributed by atoms with Crippen molar-refractivity contribution >= 4 is 23.3 Å². The zero-order chi connectivity index (χ0) is 14.8. The highest BCUT2D eigenvalue weighted by molar-refractivity contribution is 6.30. The highest BCUT2D eigenvalue weighted by atomic mass is 35.5. The van der Waals surface area contributed by atoms with Gasteiger partial charge in [-0.05, 0) is 60.4 Å². The van der Waals surface area contributed by atoms with Crippen molar-refractivity contribution in [3.63, 3.8) is 0 Å². The van der Waals surface area contributed by atoms with Crippen molar-refractivity contribution in [3.05, 3.63) is 64.2 Å². The second-order valence-corrected chi connectivity index (χ2v) is 5.58. The summed E-state index contributed by atoms with van der Waals surface area (Å²) in [5, 5.41) is 4.29. The van der Waals surface area contributed by atoms with E-state index in [0.717, 1.165) is 23.6 Å². The Kier molecular flexibility index (Phi) is 3.84. The molecule has 1 aliphatic carbocycles. The van der Waals surface area contributed by atoms with Gasteiger partial charge in [0.2, 0.25) is 0 Å². The van der Waals surface area contributed by atoms with Gasteiger partial charge in [0.1, 0.15) is 0 Å². The molecule has 0 bridgehead atoms. The lowest BCUT2D eigenvalue weighted by Gasteiger charge is -2.16. The third kappa shape index (κ3) is 2.88. The monoisotopic (exact) mass is 301 g/mol. The standard InChI is InChI=1S/C17H16ClNO2/c1-21-17(20)11-2-6-14(7-3-11)19-16-9-4-12-10-13(18)5-8-15(12)16/h2-3,5-8,10,16,19H,4,9H2,1H3. The molecule has 21 heavy (non-hydrogen) atoms. The van der Waals surface area contributed by atoms with E-state index in [9.17, 15) is 4.79 Å². The first-order chi connectivity index (χ1) is 10.2. The minimum atomic E-state index is -0.317. The van der Waals surface area contributed by atoms with Crippen molar-refractivity contribution in [1.82, 2.24) is 0 Å². The van der Waals surface area contributed by atoms with Gasteiger partial charge in [-0.25, -0.2) is 4.79 Å². The number of nitrogens with one attached hydrogen (secondary N) is 1. The highest BCUT2D eigenvalue weighted by Crippen LogP contribution is 2.35. The number of rotatable bonds is 3. The third-order valence-corrected chi connectivity index (χ3v) is 4.06. The molecule has 108 valence electrons. The summed E-state index contributed by atoms with van der Waals surface area (Å²) < 4.78 is 4.70.